The van der Waals surface area contributed by atoms with Crippen LogP contribution in [0.4, 0.5) is 13.2 Å². The lowest BCUT2D eigenvalue weighted by atomic mass is 10.1. The monoisotopic (exact) mass is 375 g/mol. The highest BCUT2D eigenvalue weighted by Gasteiger charge is 2.30. The number of nitrogens with one attached hydrogen (secondary N) is 1. The molecule has 8 heteroatoms. The van der Waals surface area contributed by atoms with Crippen LogP contribution in [0.15, 0.2) is 53.1 Å². The molecule has 5 nitrogen and oxygen atoms in total. The van der Waals surface area contributed by atoms with Crippen molar-refractivity contribution < 1.29 is 22.5 Å². The van der Waals surface area contributed by atoms with Gasteiger partial charge in [0.05, 0.1) is 5.56 Å². The molecule has 2 aromatic carbocycles. The molecule has 3 aromatic rings. The average molecular weight is 375 g/mol. The number of aromatic nitrogens is 2. The smallest absolute Gasteiger partial charge is 0.352 e. The van der Waals surface area contributed by atoms with Crippen molar-refractivity contribution in [3.8, 4) is 11.4 Å². The van der Waals surface area contributed by atoms with Crippen molar-refractivity contribution in [3.05, 3.63) is 71.1 Å². The fourth-order valence-corrected chi connectivity index (χ4v) is 2.37. The molecular weight excluding hydrogens is 359 g/mol. The first-order valence-corrected chi connectivity index (χ1v) is 8.18. The number of benzene rings is 2. The van der Waals surface area contributed by atoms with E-state index in [1.165, 1.54) is 12.1 Å². The summed E-state index contributed by atoms with van der Waals surface area (Å²) >= 11 is 0. The van der Waals surface area contributed by atoms with Crippen LogP contribution in [-0.2, 0) is 12.6 Å². The first-order valence-electron chi connectivity index (χ1n) is 8.18. The van der Waals surface area contributed by atoms with Crippen LogP contribution in [0.2, 0.25) is 0 Å². The Morgan fingerprint density at radius 1 is 1.07 bits per heavy atom. The van der Waals surface area contributed by atoms with Gasteiger partial charge in [-0.05, 0) is 31.2 Å². The summed E-state index contributed by atoms with van der Waals surface area (Å²) < 4.78 is 42.9. The molecule has 0 radical (unpaired) electrons. The molecule has 0 aliphatic carbocycles. The van der Waals surface area contributed by atoms with Crippen LogP contribution in [0.5, 0.6) is 0 Å². The van der Waals surface area contributed by atoms with Crippen LogP contribution >= 0.6 is 0 Å². The van der Waals surface area contributed by atoms with Crippen LogP contribution in [0.3, 0.4) is 0 Å². The first kappa shape index (κ1) is 18.6. The lowest BCUT2D eigenvalue weighted by molar-refractivity contribution is -0.137. The Bertz CT molecular complexity index is 917. The average Bonchev–Trinajstić information content (AvgIpc) is 3.10. The first-order chi connectivity index (χ1) is 12.8. The minimum atomic E-state index is -4.39. The highest BCUT2D eigenvalue weighted by molar-refractivity contribution is 5.94. The van der Waals surface area contributed by atoms with Gasteiger partial charge < -0.3 is 9.84 Å². The van der Waals surface area contributed by atoms with Gasteiger partial charge in [-0.3, -0.25) is 4.79 Å². The molecule has 0 atom stereocenters. The Balaban J connectivity index is 1.56. The molecule has 140 valence electrons. The number of carbonyl (C=O) groups is 1. The minimum absolute atomic E-state index is 0.198. The maximum Gasteiger partial charge on any atom is 0.416 e. The summed E-state index contributed by atoms with van der Waals surface area (Å²) in [6.07, 6.45) is -4.08. The van der Waals surface area contributed by atoms with E-state index in [0.29, 0.717) is 24.1 Å². The molecule has 1 aromatic heterocycles. The molecular formula is C19H16F3N3O2. The fourth-order valence-electron chi connectivity index (χ4n) is 2.37. The molecule has 1 amide bonds. The van der Waals surface area contributed by atoms with Gasteiger partial charge in [0.15, 0.2) is 0 Å². The zero-order valence-electron chi connectivity index (χ0n) is 14.4. The molecule has 0 bridgehead atoms. The summed E-state index contributed by atoms with van der Waals surface area (Å²) in [6, 6.07) is 11.7. The van der Waals surface area contributed by atoms with E-state index < -0.39 is 11.7 Å². The van der Waals surface area contributed by atoms with Gasteiger partial charge in [-0.2, -0.15) is 18.2 Å². The van der Waals surface area contributed by atoms with Gasteiger partial charge in [-0.1, -0.05) is 35.0 Å². The second-order valence-electron chi connectivity index (χ2n) is 5.96. The zero-order valence-corrected chi connectivity index (χ0v) is 14.4. The normalized spacial score (nSPS) is 11.4. The molecule has 0 aliphatic heterocycles. The highest BCUT2D eigenvalue weighted by atomic mass is 19.4. The van der Waals surface area contributed by atoms with Gasteiger partial charge in [0.1, 0.15) is 0 Å². The van der Waals surface area contributed by atoms with Crippen molar-refractivity contribution in [1.29, 1.82) is 0 Å². The van der Waals surface area contributed by atoms with E-state index in [0.717, 1.165) is 17.7 Å². The van der Waals surface area contributed by atoms with Crippen molar-refractivity contribution in [2.75, 3.05) is 6.54 Å². The summed E-state index contributed by atoms with van der Waals surface area (Å²) in [4.78, 5) is 16.2. The minimum Gasteiger partial charge on any atom is -0.352 e. The van der Waals surface area contributed by atoms with E-state index in [1.807, 2.05) is 19.1 Å². The molecule has 1 N–H and O–H groups in total. The van der Waals surface area contributed by atoms with Gasteiger partial charge in [0.25, 0.3) is 5.91 Å². The Morgan fingerprint density at radius 3 is 2.37 bits per heavy atom. The van der Waals surface area contributed by atoms with E-state index in [2.05, 4.69) is 15.5 Å². The molecule has 0 aliphatic rings. The van der Waals surface area contributed by atoms with Crippen molar-refractivity contribution in [2.24, 2.45) is 0 Å². The third kappa shape index (κ3) is 4.72. The summed E-state index contributed by atoms with van der Waals surface area (Å²) in [6.45, 7) is 2.23. The third-order valence-electron chi connectivity index (χ3n) is 3.88. The topological polar surface area (TPSA) is 68.0 Å². The Kier molecular flexibility index (Phi) is 5.25. The van der Waals surface area contributed by atoms with Gasteiger partial charge >= 0.3 is 6.18 Å². The summed E-state index contributed by atoms with van der Waals surface area (Å²) in [5.41, 5.74) is 1.29. The van der Waals surface area contributed by atoms with E-state index >= 15 is 0 Å². The van der Waals surface area contributed by atoms with Crippen molar-refractivity contribution in [2.45, 2.75) is 19.5 Å². The van der Waals surface area contributed by atoms with Crippen molar-refractivity contribution >= 4 is 5.91 Å². The number of aryl methyl sites for hydroxylation is 1. The lowest BCUT2D eigenvalue weighted by Gasteiger charge is -2.05. The number of carbonyl (C=O) groups excluding carboxylic acids is 1. The number of halogens is 3. The van der Waals surface area contributed by atoms with Gasteiger partial charge in [-0.15, -0.1) is 0 Å². The van der Waals surface area contributed by atoms with Crippen LogP contribution in [0.25, 0.3) is 11.4 Å². The zero-order chi connectivity index (χ0) is 19.4. The molecule has 1 heterocycles. The number of hydrogen-bond acceptors (Lipinski definition) is 4. The molecule has 0 saturated heterocycles. The van der Waals surface area contributed by atoms with Crippen LogP contribution in [0.1, 0.15) is 27.4 Å². The molecule has 0 spiro atoms. The van der Waals surface area contributed by atoms with Gasteiger partial charge in [0.2, 0.25) is 11.7 Å². The Hall–Kier alpha value is -3.16. The van der Waals surface area contributed by atoms with Crippen molar-refractivity contribution in [1.82, 2.24) is 15.5 Å². The van der Waals surface area contributed by atoms with Crippen LogP contribution in [0, 0.1) is 6.92 Å². The number of rotatable bonds is 5. The third-order valence-corrected chi connectivity index (χ3v) is 3.88. The number of amides is 1. The van der Waals surface area contributed by atoms with Crippen LogP contribution < -0.4 is 5.32 Å². The standard InChI is InChI=1S/C19H16F3N3O2/c1-12-2-4-14(5-3-12)18(26)23-11-10-16-24-17(25-27-16)13-6-8-15(9-7-13)19(20,21)22/h2-9H,10-11H2,1H3,(H,23,26). The van der Waals surface area contributed by atoms with Crippen molar-refractivity contribution in [3.63, 3.8) is 0 Å². The summed E-state index contributed by atoms with van der Waals surface area (Å²) in [7, 11) is 0. The predicted molar refractivity (Wildman–Crippen MR) is 92.0 cm³/mol. The summed E-state index contributed by atoms with van der Waals surface area (Å²) in [5, 5.41) is 6.51. The Morgan fingerprint density at radius 2 is 1.74 bits per heavy atom. The largest absolute Gasteiger partial charge is 0.416 e. The van der Waals surface area contributed by atoms with Gasteiger partial charge in [-0.25, -0.2) is 0 Å². The molecule has 0 saturated carbocycles. The Labute approximate surface area is 153 Å². The molecule has 0 fully saturated rings. The number of hydrogen-bond donors (Lipinski definition) is 1. The highest BCUT2D eigenvalue weighted by Crippen LogP contribution is 2.30. The predicted octanol–water partition coefficient (Wildman–Crippen LogP) is 4.04. The van der Waals surface area contributed by atoms with E-state index in [-0.39, 0.29) is 17.6 Å². The second kappa shape index (κ2) is 7.61. The molecule has 0 unspecified atom stereocenters. The quantitative estimate of drug-likeness (QED) is 0.731. The SMILES string of the molecule is Cc1ccc(C(=O)NCCc2nc(-c3ccc(C(F)(F)F)cc3)no2)cc1. The van der Waals surface area contributed by atoms with Gasteiger partial charge in [0, 0.05) is 24.1 Å². The maximum atomic E-state index is 12.6. The number of alkyl halides is 3. The molecule has 27 heavy (non-hydrogen) atoms. The lowest BCUT2D eigenvalue weighted by Crippen LogP contribution is -2.25. The molecule has 3 rings (SSSR count). The summed E-state index contributed by atoms with van der Waals surface area (Å²) in [5.74, 6) is 0.273. The van der Waals surface area contributed by atoms with E-state index in [1.54, 1.807) is 12.1 Å². The number of nitrogens with zero attached hydrogens (tertiary/aromatic N) is 2. The maximum absolute atomic E-state index is 12.6. The fraction of sp³-hybridized carbons (Fsp3) is 0.211. The van der Waals surface area contributed by atoms with E-state index in [4.69, 9.17) is 4.52 Å². The van der Waals surface area contributed by atoms with E-state index in [9.17, 15) is 18.0 Å². The second-order valence-corrected chi connectivity index (χ2v) is 5.96. The van der Waals surface area contributed by atoms with Crippen LogP contribution in [-0.4, -0.2) is 22.6 Å².